The SMILES string of the molecule is Cc1cc(C)n(CN2CCCN(Cn3nc(C)cc3C)C2)n1. The Morgan fingerprint density at radius 1 is 0.818 bits per heavy atom. The van der Waals surface area contributed by atoms with Gasteiger partial charge in [-0.3, -0.25) is 19.2 Å². The third-order valence-corrected chi connectivity index (χ3v) is 4.22. The number of hydrogen-bond donors (Lipinski definition) is 0. The largest absolute Gasteiger partial charge is 0.271 e. The van der Waals surface area contributed by atoms with Gasteiger partial charge in [0.15, 0.2) is 0 Å². The second-order valence-corrected chi connectivity index (χ2v) is 6.42. The van der Waals surface area contributed by atoms with Gasteiger partial charge in [0.05, 0.1) is 31.4 Å². The number of nitrogens with zero attached hydrogens (tertiary/aromatic N) is 6. The van der Waals surface area contributed by atoms with Gasteiger partial charge in [0, 0.05) is 24.5 Å². The third-order valence-electron chi connectivity index (χ3n) is 4.22. The highest BCUT2D eigenvalue weighted by atomic mass is 15.5. The molecular weight excluding hydrogens is 276 g/mol. The van der Waals surface area contributed by atoms with Crippen LogP contribution in [-0.4, -0.2) is 49.1 Å². The van der Waals surface area contributed by atoms with Gasteiger partial charge in [0.25, 0.3) is 0 Å². The molecule has 2 aromatic rings. The van der Waals surface area contributed by atoms with Crippen molar-refractivity contribution in [2.24, 2.45) is 0 Å². The van der Waals surface area contributed by atoms with E-state index in [0.717, 1.165) is 44.5 Å². The monoisotopic (exact) mass is 302 g/mol. The van der Waals surface area contributed by atoms with Crippen LogP contribution in [0.1, 0.15) is 29.2 Å². The van der Waals surface area contributed by atoms with Crippen LogP contribution in [0.25, 0.3) is 0 Å². The van der Waals surface area contributed by atoms with Crippen LogP contribution in [0.5, 0.6) is 0 Å². The number of aryl methyl sites for hydroxylation is 4. The summed E-state index contributed by atoms with van der Waals surface area (Å²) in [5.74, 6) is 0. The number of hydrogen-bond acceptors (Lipinski definition) is 4. The lowest BCUT2D eigenvalue weighted by atomic mass is 10.3. The molecule has 2 aromatic heterocycles. The fourth-order valence-electron chi connectivity index (χ4n) is 3.19. The van der Waals surface area contributed by atoms with Crippen LogP contribution < -0.4 is 0 Å². The first-order valence-electron chi connectivity index (χ1n) is 7.98. The second kappa shape index (κ2) is 6.22. The van der Waals surface area contributed by atoms with Crippen molar-refractivity contribution < 1.29 is 0 Å². The summed E-state index contributed by atoms with van der Waals surface area (Å²) >= 11 is 0. The lowest BCUT2D eigenvalue weighted by Crippen LogP contribution is -2.46. The Kier molecular flexibility index (Phi) is 4.31. The van der Waals surface area contributed by atoms with E-state index in [0.29, 0.717) is 0 Å². The first-order chi connectivity index (χ1) is 10.5. The summed E-state index contributed by atoms with van der Waals surface area (Å²) in [7, 11) is 0. The fraction of sp³-hybridized carbons (Fsp3) is 0.625. The van der Waals surface area contributed by atoms with E-state index in [1.165, 1.54) is 17.8 Å². The van der Waals surface area contributed by atoms with Gasteiger partial charge in [-0.25, -0.2) is 0 Å². The molecule has 6 heteroatoms. The molecule has 6 nitrogen and oxygen atoms in total. The minimum Gasteiger partial charge on any atom is -0.271 e. The average molecular weight is 302 g/mol. The van der Waals surface area contributed by atoms with Gasteiger partial charge >= 0.3 is 0 Å². The number of aromatic nitrogens is 4. The molecule has 0 spiro atoms. The smallest absolute Gasteiger partial charge is 0.0942 e. The zero-order chi connectivity index (χ0) is 15.7. The van der Waals surface area contributed by atoms with E-state index in [1.54, 1.807) is 0 Å². The molecule has 3 rings (SSSR count). The molecule has 0 N–H and O–H groups in total. The van der Waals surface area contributed by atoms with Crippen molar-refractivity contribution in [3.05, 3.63) is 34.9 Å². The van der Waals surface area contributed by atoms with Gasteiger partial charge in [-0.2, -0.15) is 10.2 Å². The van der Waals surface area contributed by atoms with E-state index in [9.17, 15) is 0 Å². The Morgan fingerprint density at radius 3 is 1.64 bits per heavy atom. The highest BCUT2D eigenvalue weighted by Gasteiger charge is 2.19. The molecule has 3 heterocycles. The maximum atomic E-state index is 4.57. The van der Waals surface area contributed by atoms with E-state index in [2.05, 4.69) is 69.2 Å². The summed E-state index contributed by atoms with van der Waals surface area (Å²) < 4.78 is 4.20. The molecule has 22 heavy (non-hydrogen) atoms. The minimum atomic E-state index is 0.868. The summed E-state index contributed by atoms with van der Waals surface area (Å²) in [5, 5.41) is 9.14. The summed E-state index contributed by atoms with van der Waals surface area (Å²) in [6.45, 7) is 13.3. The maximum Gasteiger partial charge on any atom is 0.0942 e. The minimum absolute atomic E-state index is 0.868. The van der Waals surface area contributed by atoms with Crippen LogP contribution in [0.4, 0.5) is 0 Å². The lowest BCUT2D eigenvalue weighted by molar-refractivity contribution is 0.0348. The molecule has 0 bridgehead atoms. The zero-order valence-corrected chi connectivity index (χ0v) is 14.1. The zero-order valence-electron chi connectivity index (χ0n) is 14.1. The van der Waals surface area contributed by atoms with Crippen LogP contribution in [-0.2, 0) is 13.3 Å². The molecular formula is C16H26N6. The van der Waals surface area contributed by atoms with Crippen LogP contribution in [0.2, 0.25) is 0 Å². The van der Waals surface area contributed by atoms with Crippen LogP contribution >= 0.6 is 0 Å². The predicted octanol–water partition coefficient (Wildman–Crippen LogP) is 1.89. The topological polar surface area (TPSA) is 42.1 Å². The van der Waals surface area contributed by atoms with Crippen molar-refractivity contribution in [3.63, 3.8) is 0 Å². The molecule has 0 amide bonds. The fourth-order valence-corrected chi connectivity index (χ4v) is 3.19. The molecule has 0 aromatic carbocycles. The van der Waals surface area contributed by atoms with Gasteiger partial charge < -0.3 is 0 Å². The Bertz CT molecular complexity index is 587. The molecule has 120 valence electrons. The molecule has 0 atom stereocenters. The molecule has 1 fully saturated rings. The molecule has 1 aliphatic heterocycles. The van der Waals surface area contributed by atoms with Gasteiger partial charge in [-0.15, -0.1) is 0 Å². The average Bonchev–Trinajstić information content (AvgIpc) is 2.92. The Morgan fingerprint density at radius 2 is 1.27 bits per heavy atom. The highest BCUT2D eigenvalue weighted by Crippen LogP contribution is 2.11. The summed E-state index contributed by atoms with van der Waals surface area (Å²) in [4.78, 5) is 4.91. The summed E-state index contributed by atoms with van der Waals surface area (Å²) in [5.41, 5.74) is 4.64. The van der Waals surface area contributed by atoms with Crippen molar-refractivity contribution in [1.29, 1.82) is 0 Å². The van der Waals surface area contributed by atoms with E-state index >= 15 is 0 Å². The quantitative estimate of drug-likeness (QED) is 0.865. The van der Waals surface area contributed by atoms with E-state index in [1.807, 2.05) is 0 Å². The Balaban J connectivity index is 1.62. The maximum absolute atomic E-state index is 4.57. The Hall–Kier alpha value is -1.66. The highest BCUT2D eigenvalue weighted by molar-refractivity contribution is 5.07. The van der Waals surface area contributed by atoms with Gasteiger partial charge in [-0.05, 0) is 46.2 Å². The van der Waals surface area contributed by atoms with E-state index < -0.39 is 0 Å². The van der Waals surface area contributed by atoms with E-state index in [-0.39, 0.29) is 0 Å². The van der Waals surface area contributed by atoms with Crippen LogP contribution in [0.3, 0.4) is 0 Å². The molecule has 0 saturated carbocycles. The van der Waals surface area contributed by atoms with E-state index in [4.69, 9.17) is 0 Å². The summed E-state index contributed by atoms with van der Waals surface area (Å²) in [6, 6.07) is 4.27. The van der Waals surface area contributed by atoms with Gasteiger partial charge in [-0.1, -0.05) is 0 Å². The molecule has 0 aliphatic carbocycles. The van der Waals surface area contributed by atoms with Crippen LogP contribution in [0.15, 0.2) is 12.1 Å². The number of rotatable bonds is 4. The summed E-state index contributed by atoms with van der Waals surface area (Å²) in [6.07, 6.45) is 1.19. The van der Waals surface area contributed by atoms with Crippen LogP contribution in [0, 0.1) is 27.7 Å². The van der Waals surface area contributed by atoms with Crippen molar-refractivity contribution in [3.8, 4) is 0 Å². The lowest BCUT2D eigenvalue weighted by Gasteiger charge is -2.35. The molecule has 1 saturated heterocycles. The van der Waals surface area contributed by atoms with Crippen molar-refractivity contribution in [2.45, 2.75) is 47.5 Å². The molecule has 0 unspecified atom stereocenters. The second-order valence-electron chi connectivity index (χ2n) is 6.42. The van der Waals surface area contributed by atoms with Crippen molar-refractivity contribution >= 4 is 0 Å². The van der Waals surface area contributed by atoms with Crippen molar-refractivity contribution in [1.82, 2.24) is 29.4 Å². The predicted molar refractivity (Wildman–Crippen MR) is 86.3 cm³/mol. The molecule has 0 radical (unpaired) electrons. The van der Waals surface area contributed by atoms with Gasteiger partial charge in [0.2, 0.25) is 0 Å². The first-order valence-corrected chi connectivity index (χ1v) is 7.98. The normalized spacial score (nSPS) is 17.3. The van der Waals surface area contributed by atoms with Crippen molar-refractivity contribution in [2.75, 3.05) is 19.8 Å². The standard InChI is InChI=1S/C16H26N6/c1-13-8-15(3)21(17-13)11-19-6-5-7-20(10-19)12-22-16(4)9-14(2)18-22/h8-9H,5-7,10-12H2,1-4H3. The first kappa shape index (κ1) is 15.2. The molecule has 1 aliphatic rings. The third kappa shape index (κ3) is 3.39. The van der Waals surface area contributed by atoms with Gasteiger partial charge in [0.1, 0.15) is 0 Å². The Labute approximate surface area is 132 Å².